The summed E-state index contributed by atoms with van der Waals surface area (Å²) in [5, 5.41) is 5.45. The number of rotatable bonds is 5. The second-order valence-electron chi connectivity index (χ2n) is 13.0. The van der Waals surface area contributed by atoms with Gasteiger partial charge in [0, 0.05) is 47.6 Å². The van der Waals surface area contributed by atoms with Crippen LogP contribution in [-0.4, -0.2) is 19.9 Å². The Kier molecular flexibility index (Phi) is 6.83. The Morgan fingerprint density at radius 3 is 2.00 bits per heavy atom. The first kappa shape index (κ1) is 30.1. The molecule has 53 heavy (non-hydrogen) atoms. The number of para-hydroxylation sites is 3. The number of fused-ring (bicyclic) bond motifs is 7. The van der Waals surface area contributed by atoms with Gasteiger partial charge >= 0.3 is 0 Å². The van der Waals surface area contributed by atoms with Gasteiger partial charge in [0.2, 0.25) is 0 Å². The normalized spacial score (nSPS) is 11.8. The molecule has 0 spiro atoms. The van der Waals surface area contributed by atoms with Gasteiger partial charge in [-0.25, -0.2) is 19.9 Å². The minimum atomic E-state index is 0.574. The van der Waals surface area contributed by atoms with Crippen molar-refractivity contribution in [1.82, 2.24) is 19.9 Å². The van der Waals surface area contributed by atoms with Crippen LogP contribution in [0.15, 0.2) is 162 Å². The van der Waals surface area contributed by atoms with Crippen molar-refractivity contribution in [2.24, 2.45) is 0 Å². The maximum absolute atomic E-state index is 6.44. The summed E-state index contributed by atoms with van der Waals surface area (Å²) in [6, 6.07) is 54.6. The Balaban J connectivity index is 1.06. The van der Waals surface area contributed by atoms with Gasteiger partial charge in [-0.05, 0) is 53.6 Å². The smallest absolute Gasteiger partial charge is 0.167 e. The van der Waals surface area contributed by atoms with E-state index in [1.165, 1.54) is 25.0 Å². The van der Waals surface area contributed by atoms with E-state index in [4.69, 9.17) is 24.4 Å². The Hall–Kier alpha value is -6.54. The van der Waals surface area contributed by atoms with Crippen LogP contribution >= 0.6 is 22.7 Å². The monoisotopic (exact) mass is 714 g/mol. The molecule has 7 aromatic carbocycles. The van der Waals surface area contributed by atoms with Crippen molar-refractivity contribution in [1.29, 1.82) is 0 Å². The van der Waals surface area contributed by atoms with Crippen molar-refractivity contribution >= 4 is 75.0 Å². The minimum absolute atomic E-state index is 0.574. The molecule has 4 aromatic heterocycles. The predicted molar refractivity (Wildman–Crippen MR) is 220 cm³/mol. The van der Waals surface area contributed by atoms with Crippen LogP contribution in [0, 0.1) is 0 Å². The topological polar surface area (TPSA) is 64.7 Å². The van der Waals surface area contributed by atoms with Gasteiger partial charge in [0.05, 0.1) is 15.8 Å². The lowest BCUT2D eigenvalue weighted by Gasteiger charge is -2.10. The fourth-order valence-corrected chi connectivity index (χ4v) is 9.41. The van der Waals surface area contributed by atoms with Crippen LogP contribution in [0.3, 0.4) is 0 Å². The molecule has 4 heterocycles. The van der Waals surface area contributed by atoms with Gasteiger partial charge in [-0.1, -0.05) is 115 Å². The molecule has 0 fully saturated rings. The fourth-order valence-electron chi connectivity index (χ4n) is 7.28. The van der Waals surface area contributed by atoms with E-state index in [-0.39, 0.29) is 0 Å². The van der Waals surface area contributed by atoms with Crippen molar-refractivity contribution in [3.8, 4) is 55.9 Å². The zero-order valence-corrected chi connectivity index (χ0v) is 29.7. The van der Waals surface area contributed by atoms with Crippen LogP contribution in [0.25, 0.3) is 108 Å². The summed E-state index contributed by atoms with van der Waals surface area (Å²) in [6.07, 6.45) is 0. The molecule has 0 aliphatic heterocycles. The van der Waals surface area contributed by atoms with Gasteiger partial charge in [-0.2, -0.15) is 0 Å². The van der Waals surface area contributed by atoms with E-state index in [1.807, 2.05) is 66.7 Å². The van der Waals surface area contributed by atoms with E-state index in [1.54, 1.807) is 22.7 Å². The van der Waals surface area contributed by atoms with Crippen molar-refractivity contribution in [3.63, 3.8) is 0 Å². The van der Waals surface area contributed by atoms with Crippen molar-refractivity contribution < 1.29 is 4.42 Å². The average molecular weight is 715 g/mol. The molecule has 0 saturated carbocycles. The molecule has 0 radical (unpaired) electrons. The van der Waals surface area contributed by atoms with Crippen LogP contribution in [0.1, 0.15) is 0 Å². The Morgan fingerprint density at radius 2 is 1.08 bits per heavy atom. The third-order valence-electron chi connectivity index (χ3n) is 9.79. The zero-order valence-electron chi connectivity index (χ0n) is 28.0. The van der Waals surface area contributed by atoms with E-state index < -0.39 is 0 Å². The van der Waals surface area contributed by atoms with E-state index in [0.717, 1.165) is 65.7 Å². The SMILES string of the molecule is c1ccc(-c2nc(-c3cccc4c3oc3ccccc34)nc(-c3cccc4sc5cc(-c6cccc(-c7nc8ccccc8s7)c6)ccc5c34)n2)cc1. The largest absolute Gasteiger partial charge is 0.455 e. The van der Waals surface area contributed by atoms with Crippen molar-refractivity contribution in [2.75, 3.05) is 0 Å². The maximum atomic E-state index is 6.44. The zero-order chi connectivity index (χ0) is 34.9. The summed E-state index contributed by atoms with van der Waals surface area (Å²) in [5.41, 5.74) is 8.82. The standard InChI is InChI=1S/C46H26N4OS2/c1-2-11-27(12-3-1)43-48-44(50-45(49-43)35-18-9-16-32-31-15-4-6-20-37(31)51-42(32)35)34-17-10-22-39-41(34)33-24-23-29(26-40(33)52-39)28-13-8-14-30(25-28)46-47-36-19-5-7-21-38(36)53-46/h1-26H. The first-order chi connectivity index (χ1) is 26.2. The lowest BCUT2D eigenvalue weighted by Crippen LogP contribution is -2.00. The third kappa shape index (κ3) is 5.04. The molecule has 0 unspecified atom stereocenters. The molecule has 11 rings (SSSR count). The van der Waals surface area contributed by atoms with Gasteiger partial charge in [0.25, 0.3) is 0 Å². The molecule has 0 N–H and O–H groups in total. The van der Waals surface area contributed by atoms with Crippen LogP contribution < -0.4 is 0 Å². The number of furan rings is 1. The Morgan fingerprint density at radius 1 is 0.396 bits per heavy atom. The van der Waals surface area contributed by atoms with Gasteiger partial charge in [-0.15, -0.1) is 22.7 Å². The molecule has 11 aromatic rings. The number of thiophene rings is 1. The molecular weight excluding hydrogens is 689 g/mol. The minimum Gasteiger partial charge on any atom is -0.455 e. The summed E-state index contributed by atoms with van der Waals surface area (Å²) < 4.78 is 10.0. The van der Waals surface area contributed by atoms with Crippen LogP contribution in [-0.2, 0) is 0 Å². The Bertz CT molecular complexity index is 3160. The van der Waals surface area contributed by atoms with Gasteiger partial charge in [0.15, 0.2) is 17.5 Å². The number of nitrogens with zero attached hydrogens (tertiary/aromatic N) is 4. The van der Waals surface area contributed by atoms with E-state index in [9.17, 15) is 0 Å². The molecule has 0 atom stereocenters. The van der Waals surface area contributed by atoms with E-state index in [2.05, 4.69) is 91.0 Å². The van der Waals surface area contributed by atoms with Crippen molar-refractivity contribution in [3.05, 3.63) is 158 Å². The summed E-state index contributed by atoms with van der Waals surface area (Å²) in [4.78, 5) is 20.3. The van der Waals surface area contributed by atoms with Gasteiger partial charge in [-0.3, -0.25) is 0 Å². The number of benzene rings is 7. The number of aromatic nitrogens is 4. The molecule has 248 valence electrons. The lowest BCUT2D eigenvalue weighted by molar-refractivity contribution is 0.669. The first-order valence-electron chi connectivity index (χ1n) is 17.4. The van der Waals surface area contributed by atoms with Crippen LogP contribution in [0.4, 0.5) is 0 Å². The summed E-state index contributed by atoms with van der Waals surface area (Å²) in [5.74, 6) is 1.82. The number of hydrogen-bond acceptors (Lipinski definition) is 7. The molecule has 0 aliphatic rings. The van der Waals surface area contributed by atoms with E-state index in [0.29, 0.717) is 17.5 Å². The molecule has 7 heteroatoms. The first-order valence-corrected chi connectivity index (χ1v) is 19.0. The summed E-state index contributed by atoms with van der Waals surface area (Å²) in [6.45, 7) is 0. The number of thiazole rings is 1. The summed E-state index contributed by atoms with van der Waals surface area (Å²) in [7, 11) is 0. The molecule has 0 aliphatic carbocycles. The third-order valence-corrected chi connectivity index (χ3v) is 12.0. The number of hydrogen-bond donors (Lipinski definition) is 0. The molecule has 0 bridgehead atoms. The lowest BCUT2D eigenvalue weighted by atomic mass is 10.00. The fraction of sp³-hybridized carbons (Fsp3) is 0. The Labute approximate surface area is 311 Å². The molecule has 0 amide bonds. The molecular formula is C46H26N4OS2. The highest BCUT2D eigenvalue weighted by atomic mass is 32.1. The van der Waals surface area contributed by atoms with Crippen molar-refractivity contribution in [2.45, 2.75) is 0 Å². The quantitative estimate of drug-likeness (QED) is 0.178. The maximum Gasteiger partial charge on any atom is 0.167 e. The highest BCUT2D eigenvalue weighted by Crippen LogP contribution is 2.42. The van der Waals surface area contributed by atoms with E-state index >= 15 is 0 Å². The molecule has 5 nitrogen and oxygen atoms in total. The second-order valence-corrected chi connectivity index (χ2v) is 15.1. The highest BCUT2D eigenvalue weighted by Gasteiger charge is 2.20. The highest BCUT2D eigenvalue weighted by molar-refractivity contribution is 7.26. The molecule has 0 saturated heterocycles. The predicted octanol–water partition coefficient (Wildman–Crippen LogP) is 13.1. The van der Waals surface area contributed by atoms with Gasteiger partial charge < -0.3 is 4.42 Å². The van der Waals surface area contributed by atoms with Crippen LogP contribution in [0.5, 0.6) is 0 Å². The van der Waals surface area contributed by atoms with Crippen LogP contribution in [0.2, 0.25) is 0 Å². The average Bonchev–Trinajstić information content (AvgIpc) is 3.94. The summed E-state index contributed by atoms with van der Waals surface area (Å²) >= 11 is 3.52. The second kappa shape index (κ2) is 12.0. The van der Waals surface area contributed by atoms with Gasteiger partial charge in [0.1, 0.15) is 16.2 Å².